The number of nitrogens with one attached hydrogen (secondary N) is 2. The van der Waals surface area contributed by atoms with E-state index in [9.17, 15) is 14.4 Å². The van der Waals surface area contributed by atoms with E-state index in [1.165, 1.54) is 11.3 Å². The molecule has 2 N–H and O–H groups in total. The number of benzene rings is 2. The number of para-hydroxylation sites is 1. The van der Waals surface area contributed by atoms with Crippen molar-refractivity contribution >= 4 is 39.8 Å². The predicted molar refractivity (Wildman–Crippen MR) is 134 cm³/mol. The minimum atomic E-state index is -0.733. The fourth-order valence-corrected chi connectivity index (χ4v) is 4.27. The van der Waals surface area contributed by atoms with Crippen molar-refractivity contribution in [1.29, 1.82) is 0 Å². The van der Waals surface area contributed by atoms with Gasteiger partial charge in [-0.1, -0.05) is 18.2 Å². The summed E-state index contributed by atoms with van der Waals surface area (Å²) >= 11 is 1.33. The lowest BCUT2D eigenvalue weighted by Crippen LogP contribution is -2.30. The Kier molecular flexibility index (Phi) is 8.07. The normalized spacial score (nSPS) is 11.4. The number of anilines is 2. The average Bonchev–Trinajstić information content (AvgIpc) is 3.08. The first-order valence-corrected chi connectivity index (χ1v) is 11.7. The van der Waals surface area contributed by atoms with E-state index in [0.717, 1.165) is 21.7 Å². The molecule has 0 radical (unpaired) electrons. The van der Waals surface area contributed by atoms with Crippen LogP contribution in [0.1, 0.15) is 50.6 Å². The van der Waals surface area contributed by atoms with Crippen molar-refractivity contribution in [2.75, 3.05) is 17.2 Å². The first kappa shape index (κ1) is 25.0. The van der Waals surface area contributed by atoms with Gasteiger partial charge in [-0.15, -0.1) is 11.3 Å². The van der Waals surface area contributed by atoms with Gasteiger partial charge in [0.15, 0.2) is 6.10 Å². The molecule has 0 saturated heterocycles. The van der Waals surface area contributed by atoms with Crippen molar-refractivity contribution in [2.24, 2.45) is 0 Å². The van der Waals surface area contributed by atoms with Crippen LogP contribution in [0, 0.1) is 20.8 Å². The van der Waals surface area contributed by atoms with Gasteiger partial charge < -0.3 is 20.1 Å². The molecule has 0 aliphatic heterocycles. The van der Waals surface area contributed by atoms with Crippen molar-refractivity contribution < 1.29 is 23.9 Å². The van der Waals surface area contributed by atoms with Crippen LogP contribution < -0.4 is 15.4 Å². The van der Waals surface area contributed by atoms with Gasteiger partial charge in [0.1, 0.15) is 10.8 Å². The van der Waals surface area contributed by atoms with Gasteiger partial charge in [-0.2, -0.15) is 0 Å². The van der Waals surface area contributed by atoms with Crippen molar-refractivity contribution in [3.05, 3.63) is 75.7 Å². The molecular formula is C26H28N2O5S. The number of rotatable bonds is 8. The second-order valence-electron chi connectivity index (χ2n) is 7.75. The highest BCUT2D eigenvalue weighted by Gasteiger charge is 2.22. The van der Waals surface area contributed by atoms with Gasteiger partial charge in [-0.25, -0.2) is 4.79 Å². The lowest BCUT2D eigenvalue weighted by Gasteiger charge is -2.16. The molecular weight excluding hydrogens is 452 g/mol. The lowest BCUT2D eigenvalue weighted by molar-refractivity contribution is -0.122. The van der Waals surface area contributed by atoms with E-state index in [1.807, 2.05) is 45.0 Å². The molecule has 3 aromatic rings. The number of aryl methyl sites for hydroxylation is 2. The zero-order valence-corrected chi connectivity index (χ0v) is 20.7. The Bertz CT molecular complexity index is 1200. The molecule has 0 unspecified atom stereocenters. The Morgan fingerprint density at radius 2 is 1.65 bits per heavy atom. The first-order valence-electron chi connectivity index (χ1n) is 10.9. The van der Waals surface area contributed by atoms with E-state index < -0.39 is 12.1 Å². The number of esters is 1. The van der Waals surface area contributed by atoms with Crippen LogP contribution in [0.4, 0.5) is 10.7 Å². The van der Waals surface area contributed by atoms with Gasteiger partial charge in [-0.3, -0.25) is 9.59 Å². The summed E-state index contributed by atoms with van der Waals surface area (Å²) in [6, 6.07) is 14.0. The number of amides is 2. The van der Waals surface area contributed by atoms with Gasteiger partial charge in [0.25, 0.3) is 11.8 Å². The number of thiophene rings is 1. The molecule has 8 heteroatoms. The molecule has 2 amide bonds. The fourth-order valence-electron chi connectivity index (χ4n) is 3.23. The highest BCUT2D eigenvalue weighted by Crippen LogP contribution is 2.33. The van der Waals surface area contributed by atoms with Crippen LogP contribution in [-0.2, 0) is 9.53 Å². The number of hydrogen-bond acceptors (Lipinski definition) is 6. The van der Waals surface area contributed by atoms with Gasteiger partial charge in [0, 0.05) is 16.1 Å². The molecule has 0 saturated carbocycles. The molecule has 0 spiro atoms. The Morgan fingerprint density at radius 3 is 2.29 bits per heavy atom. The van der Waals surface area contributed by atoms with E-state index in [1.54, 1.807) is 38.1 Å². The smallest absolute Gasteiger partial charge is 0.341 e. The van der Waals surface area contributed by atoms with Gasteiger partial charge in [-0.05, 0) is 76.1 Å². The SMILES string of the molecule is CCOC(=O)c1c(NC(=O)c2ccc(O[C@H](C)C(=O)Nc3ccccc3C)cc2)sc(C)c1C. The molecule has 7 nitrogen and oxygen atoms in total. The summed E-state index contributed by atoms with van der Waals surface area (Å²) in [5, 5.41) is 6.12. The third kappa shape index (κ3) is 5.82. The summed E-state index contributed by atoms with van der Waals surface area (Å²) in [5.74, 6) is -0.630. The summed E-state index contributed by atoms with van der Waals surface area (Å²) in [6.45, 7) is 9.29. The van der Waals surface area contributed by atoms with Gasteiger partial charge >= 0.3 is 5.97 Å². The molecule has 1 aromatic heterocycles. The van der Waals surface area contributed by atoms with Crippen LogP contribution in [0.25, 0.3) is 0 Å². The third-order valence-corrected chi connectivity index (χ3v) is 6.42. The van der Waals surface area contributed by atoms with Crippen molar-refractivity contribution in [3.63, 3.8) is 0 Å². The highest BCUT2D eigenvalue weighted by atomic mass is 32.1. The number of hydrogen-bond donors (Lipinski definition) is 2. The topological polar surface area (TPSA) is 93.7 Å². The Balaban J connectivity index is 1.65. The fraction of sp³-hybridized carbons (Fsp3) is 0.269. The zero-order chi connectivity index (χ0) is 24.8. The van der Waals surface area contributed by atoms with Crippen LogP contribution in [0.15, 0.2) is 48.5 Å². The molecule has 0 aliphatic carbocycles. The van der Waals surface area contributed by atoms with E-state index in [0.29, 0.717) is 21.9 Å². The number of carbonyl (C=O) groups is 3. The van der Waals surface area contributed by atoms with E-state index in [2.05, 4.69) is 10.6 Å². The third-order valence-electron chi connectivity index (χ3n) is 5.29. The largest absolute Gasteiger partial charge is 0.481 e. The number of carbonyl (C=O) groups excluding carboxylic acids is 3. The first-order chi connectivity index (χ1) is 16.2. The minimum Gasteiger partial charge on any atom is -0.481 e. The molecule has 178 valence electrons. The van der Waals surface area contributed by atoms with Crippen LogP contribution in [0.3, 0.4) is 0 Å². The van der Waals surface area contributed by atoms with E-state index in [4.69, 9.17) is 9.47 Å². The van der Waals surface area contributed by atoms with Crippen molar-refractivity contribution in [3.8, 4) is 5.75 Å². The molecule has 0 aliphatic rings. The minimum absolute atomic E-state index is 0.253. The van der Waals surface area contributed by atoms with Gasteiger partial charge in [0.2, 0.25) is 0 Å². The highest BCUT2D eigenvalue weighted by molar-refractivity contribution is 7.16. The zero-order valence-electron chi connectivity index (χ0n) is 19.9. The summed E-state index contributed by atoms with van der Waals surface area (Å²) in [4.78, 5) is 38.5. The molecule has 34 heavy (non-hydrogen) atoms. The van der Waals surface area contributed by atoms with Crippen LogP contribution in [0.5, 0.6) is 5.75 Å². The Labute approximate surface area is 203 Å². The van der Waals surface area contributed by atoms with Gasteiger partial charge in [0.05, 0.1) is 12.2 Å². The van der Waals surface area contributed by atoms with Crippen molar-refractivity contribution in [2.45, 2.75) is 40.7 Å². The van der Waals surface area contributed by atoms with Crippen LogP contribution in [-0.4, -0.2) is 30.5 Å². The summed E-state index contributed by atoms with van der Waals surface area (Å²) in [6.07, 6.45) is -0.733. The summed E-state index contributed by atoms with van der Waals surface area (Å²) in [7, 11) is 0. The van der Waals surface area contributed by atoms with Crippen LogP contribution >= 0.6 is 11.3 Å². The quantitative estimate of drug-likeness (QED) is 0.415. The summed E-state index contributed by atoms with van der Waals surface area (Å²) < 4.78 is 10.9. The molecule has 1 heterocycles. The standard InChI is InChI=1S/C26H28N2O5S/c1-6-32-26(31)22-16(3)18(5)34-25(22)28-24(30)19-11-13-20(14-12-19)33-17(4)23(29)27-21-10-8-7-9-15(21)2/h7-14,17H,6H2,1-5H3,(H,27,29)(H,28,30)/t17-/m1/s1. The molecule has 0 bridgehead atoms. The maximum atomic E-state index is 12.8. The monoisotopic (exact) mass is 480 g/mol. The summed E-state index contributed by atoms with van der Waals surface area (Å²) in [5.41, 5.74) is 3.26. The van der Waals surface area contributed by atoms with Crippen LogP contribution in [0.2, 0.25) is 0 Å². The maximum Gasteiger partial charge on any atom is 0.341 e. The number of ether oxygens (including phenoxy) is 2. The Hall–Kier alpha value is -3.65. The second-order valence-corrected chi connectivity index (χ2v) is 8.98. The maximum absolute atomic E-state index is 12.8. The second kappa shape index (κ2) is 11.0. The van der Waals surface area contributed by atoms with E-state index >= 15 is 0 Å². The van der Waals surface area contributed by atoms with E-state index in [-0.39, 0.29) is 18.4 Å². The van der Waals surface area contributed by atoms with Crippen molar-refractivity contribution in [1.82, 2.24) is 0 Å². The molecule has 3 rings (SSSR count). The Morgan fingerprint density at radius 1 is 0.971 bits per heavy atom. The predicted octanol–water partition coefficient (Wildman–Crippen LogP) is 5.51. The molecule has 0 fully saturated rings. The molecule has 1 atom stereocenters. The lowest BCUT2D eigenvalue weighted by atomic mass is 10.1. The average molecular weight is 481 g/mol. The molecule has 2 aromatic carbocycles.